The van der Waals surface area contributed by atoms with Gasteiger partial charge in [0.15, 0.2) is 5.78 Å². The number of nitrogens with zero attached hydrogens (tertiary/aromatic N) is 2. The second kappa shape index (κ2) is 5.58. The minimum absolute atomic E-state index is 0.000260. The molecule has 0 unspecified atom stereocenters. The van der Waals surface area contributed by atoms with Crippen molar-refractivity contribution in [3.63, 3.8) is 0 Å². The fourth-order valence-electron chi connectivity index (χ4n) is 2.39. The maximum atomic E-state index is 12.6. The van der Waals surface area contributed by atoms with Gasteiger partial charge in [0.1, 0.15) is 10.9 Å². The zero-order valence-electron chi connectivity index (χ0n) is 11.6. The van der Waals surface area contributed by atoms with Crippen molar-refractivity contribution in [1.29, 1.82) is 0 Å². The Balaban J connectivity index is 1.91. The lowest BCUT2D eigenvalue weighted by atomic mass is 9.94. The first-order chi connectivity index (χ1) is 10.2. The SMILES string of the molecule is CC1=NN(c2ccccc2)C(=S)[C@@H]1C(=O)c1ccccc1. The number of hydrazone groups is 1. The average molecular weight is 294 g/mol. The molecule has 2 aromatic carbocycles. The minimum atomic E-state index is -0.456. The van der Waals surface area contributed by atoms with Crippen LogP contribution in [0.4, 0.5) is 5.69 Å². The summed E-state index contributed by atoms with van der Waals surface area (Å²) in [5.41, 5.74) is 2.28. The second-order valence-electron chi connectivity index (χ2n) is 4.89. The van der Waals surface area contributed by atoms with E-state index >= 15 is 0 Å². The van der Waals surface area contributed by atoms with Crippen LogP contribution in [0.15, 0.2) is 65.8 Å². The molecule has 0 spiro atoms. The summed E-state index contributed by atoms with van der Waals surface area (Å²) in [6, 6.07) is 18.9. The largest absolute Gasteiger partial charge is 0.293 e. The van der Waals surface area contributed by atoms with Gasteiger partial charge in [0, 0.05) is 5.56 Å². The van der Waals surface area contributed by atoms with Crippen LogP contribution in [0.2, 0.25) is 0 Å². The third-order valence-corrected chi connectivity index (χ3v) is 3.86. The van der Waals surface area contributed by atoms with Crippen molar-refractivity contribution in [2.24, 2.45) is 11.0 Å². The van der Waals surface area contributed by atoms with Gasteiger partial charge >= 0.3 is 0 Å². The Bertz CT molecular complexity index is 710. The third kappa shape index (κ3) is 2.50. The van der Waals surface area contributed by atoms with Crippen molar-refractivity contribution in [2.45, 2.75) is 6.92 Å². The Hall–Kier alpha value is -2.33. The third-order valence-electron chi connectivity index (χ3n) is 3.45. The zero-order chi connectivity index (χ0) is 14.8. The minimum Gasteiger partial charge on any atom is -0.293 e. The topological polar surface area (TPSA) is 32.7 Å². The summed E-state index contributed by atoms with van der Waals surface area (Å²) in [4.78, 5) is 13.2. The molecule has 3 rings (SSSR count). The Morgan fingerprint density at radius 2 is 1.62 bits per heavy atom. The molecule has 0 saturated carbocycles. The molecule has 1 heterocycles. The first-order valence-electron chi connectivity index (χ1n) is 6.72. The molecule has 0 N–H and O–H groups in total. The van der Waals surface area contributed by atoms with E-state index in [0.29, 0.717) is 10.6 Å². The van der Waals surface area contributed by atoms with Crippen LogP contribution in [0, 0.1) is 5.92 Å². The summed E-state index contributed by atoms with van der Waals surface area (Å²) < 4.78 is 0. The maximum absolute atomic E-state index is 12.6. The molecular formula is C17H14N2OS. The van der Waals surface area contributed by atoms with Crippen LogP contribution >= 0.6 is 12.2 Å². The lowest BCUT2D eigenvalue weighted by Crippen LogP contribution is -2.31. The van der Waals surface area contributed by atoms with Crippen molar-refractivity contribution in [1.82, 2.24) is 0 Å². The molecule has 2 aromatic rings. The fourth-order valence-corrected chi connectivity index (χ4v) is 2.81. The van der Waals surface area contributed by atoms with Crippen molar-refractivity contribution < 1.29 is 4.79 Å². The molecular weight excluding hydrogens is 280 g/mol. The first kappa shape index (κ1) is 13.6. The molecule has 1 aliphatic heterocycles. The Labute approximate surface area is 128 Å². The Morgan fingerprint density at radius 1 is 1.05 bits per heavy atom. The molecule has 104 valence electrons. The monoisotopic (exact) mass is 294 g/mol. The molecule has 21 heavy (non-hydrogen) atoms. The van der Waals surface area contributed by atoms with E-state index in [2.05, 4.69) is 5.10 Å². The van der Waals surface area contributed by atoms with Gasteiger partial charge in [0.25, 0.3) is 0 Å². The van der Waals surface area contributed by atoms with Crippen LogP contribution in [0.1, 0.15) is 17.3 Å². The van der Waals surface area contributed by atoms with Gasteiger partial charge in [0.05, 0.1) is 11.4 Å². The highest BCUT2D eigenvalue weighted by atomic mass is 32.1. The number of Topliss-reactive ketones (excluding diaryl/α,β-unsaturated/α-hetero) is 1. The van der Waals surface area contributed by atoms with Gasteiger partial charge in [-0.3, -0.25) is 4.79 Å². The van der Waals surface area contributed by atoms with Gasteiger partial charge in [-0.1, -0.05) is 60.7 Å². The van der Waals surface area contributed by atoms with Crippen molar-refractivity contribution in [3.05, 3.63) is 66.2 Å². The number of carbonyl (C=O) groups is 1. The molecule has 0 bridgehead atoms. The van der Waals surface area contributed by atoms with Gasteiger partial charge in [0.2, 0.25) is 0 Å². The van der Waals surface area contributed by atoms with Crippen LogP contribution in [-0.4, -0.2) is 16.5 Å². The number of para-hydroxylation sites is 1. The highest BCUT2D eigenvalue weighted by molar-refractivity contribution is 7.80. The lowest BCUT2D eigenvalue weighted by Gasteiger charge is -2.16. The smallest absolute Gasteiger partial charge is 0.178 e. The number of hydrogen-bond donors (Lipinski definition) is 0. The van der Waals surface area contributed by atoms with Crippen LogP contribution in [-0.2, 0) is 0 Å². The predicted molar refractivity (Wildman–Crippen MR) is 88.9 cm³/mol. The van der Waals surface area contributed by atoms with Gasteiger partial charge in [-0.2, -0.15) is 5.10 Å². The number of thiocarbonyl (C=S) groups is 1. The highest BCUT2D eigenvalue weighted by Crippen LogP contribution is 2.27. The van der Waals surface area contributed by atoms with Gasteiger partial charge in [-0.05, 0) is 19.1 Å². The van der Waals surface area contributed by atoms with E-state index < -0.39 is 5.92 Å². The summed E-state index contributed by atoms with van der Waals surface area (Å²) in [6.45, 7) is 1.85. The summed E-state index contributed by atoms with van der Waals surface area (Å²) in [5, 5.41) is 6.13. The average Bonchev–Trinajstić information content (AvgIpc) is 2.83. The number of rotatable bonds is 3. The molecule has 0 fully saturated rings. The van der Waals surface area contributed by atoms with E-state index in [1.807, 2.05) is 67.6 Å². The molecule has 3 nitrogen and oxygen atoms in total. The molecule has 0 saturated heterocycles. The summed E-state index contributed by atoms with van der Waals surface area (Å²) in [5.74, 6) is -0.456. The normalized spacial score (nSPS) is 17.8. The van der Waals surface area contributed by atoms with Gasteiger partial charge < -0.3 is 0 Å². The molecule has 0 amide bonds. The van der Waals surface area contributed by atoms with E-state index in [-0.39, 0.29) is 5.78 Å². The number of hydrogen-bond acceptors (Lipinski definition) is 3. The van der Waals surface area contributed by atoms with E-state index in [0.717, 1.165) is 11.4 Å². The number of benzene rings is 2. The van der Waals surface area contributed by atoms with Crippen LogP contribution in [0.25, 0.3) is 0 Å². The standard InChI is InChI=1S/C17H14N2OS/c1-12-15(16(20)13-8-4-2-5-9-13)17(21)19(18-12)14-10-6-3-7-11-14/h2-11,15H,1H3/t15-/m0/s1. The van der Waals surface area contributed by atoms with E-state index in [1.54, 1.807) is 5.01 Å². The van der Waals surface area contributed by atoms with Gasteiger partial charge in [-0.15, -0.1) is 0 Å². The van der Waals surface area contributed by atoms with Crippen LogP contribution in [0.3, 0.4) is 0 Å². The van der Waals surface area contributed by atoms with Crippen molar-refractivity contribution in [2.75, 3.05) is 5.01 Å². The van der Waals surface area contributed by atoms with E-state index in [9.17, 15) is 4.79 Å². The van der Waals surface area contributed by atoms with Crippen LogP contribution < -0.4 is 5.01 Å². The number of ketones is 1. The van der Waals surface area contributed by atoms with Crippen molar-refractivity contribution >= 4 is 34.4 Å². The lowest BCUT2D eigenvalue weighted by molar-refractivity contribution is 0.0980. The van der Waals surface area contributed by atoms with E-state index in [4.69, 9.17) is 12.2 Å². The molecule has 1 atom stereocenters. The maximum Gasteiger partial charge on any atom is 0.178 e. The Morgan fingerprint density at radius 3 is 2.24 bits per heavy atom. The number of anilines is 1. The first-order valence-corrected chi connectivity index (χ1v) is 7.12. The molecule has 0 radical (unpaired) electrons. The fraction of sp³-hybridized carbons (Fsp3) is 0.118. The zero-order valence-corrected chi connectivity index (χ0v) is 12.4. The van der Waals surface area contributed by atoms with E-state index in [1.165, 1.54) is 0 Å². The molecule has 0 aliphatic carbocycles. The number of carbonyl (C=O) groups excluding carboxylic acids is 1. The van der Waals surface area contributed by atoms with Crippen molar-refractivity contribution in [3.8, 4) is 0 Å². The summed E-state index contributed by atoms with van der Waals surface area (Å²) in [7, 11) is 0. The van der Waals surface area contributed by atoms with Gasteiger partial charge in [-0.25, -0.2) is 5.01 Å². The predicted octanol–water partition coefficient (Wildman–Crippen LogP) is 3.71. The summed E-state index contributed by atoms with van der Waals surface area (Å²) >= 11 is 5.49. The van der Waals surface area contributed by atoms with Crippen LogP contribution in [0.5, 0.6) is 0 Å². The molecule has 1 aliphatic rings. The Kier molecular flexibility index (Phi) is 3.62. The quantitative estimate of drug-likeness (QED) is 0.639. The highest BCUT2D eigenvalue weighted by Gasteiger charge is 2.36. The molecule has 0 aromatic heterocycles. The second-order valence-corrected chi connectivity index (χ2v) is 5.31. The summed E-state index contributed by atoms with van der Waals surface area (Å²) in [6.07, 6.45) is 0. The molecule has 4 heteroatoms.